The molecule has 8 nitrogen and oxygen atoms in total. The highest BCUT2D eigenvalue weighted by Gasteiger charge is 2.47. The van der Waals surface area contributed by atoms with Gasteiger partial charge in [-0.2, -0.15) is 0 Å². The molecule has 5 amide bonds. The van der Waals surface area contributed by atoms with Crippen LogP contribution in [0.4, 0.5) is 21.0 Å². The van der Waals surface area contributed by atoms with Crippen LogP contribution in [0.1, 0.15) is 13.3 Å². The van der Waals surface area contributed by atoms with Crippen LogP contribution in [0.25, 0.3) is 0 Å². The van der Waals surface area contributed by atoms with Crippen molar-refractivity contribution in [1.82, 2.24) is 14.7 Å². The summed E-state index contributed by atoms with van der Waals surface area (Å²) in [6.45, 7) is 4.73. The average Bonchev–Trinajstić information content (AvgIpc) is 2.98. The first kappa shape index (κ1) is 21.7. The van der Waals surface area contributed by atoms with E-state index in [0.29, 0.717) is 57.1 Å². The summed E-state index contributed by atoms with van der Waals surface area (Å²) < 4.78 is 0. The molecule has 32 heavy (non-hydrogen) atoms. The first-order valence-electron chi connectivity index (χ1n) is 11.0. The maximum atomic E-state index is 13.1. The molecule has 8 heteroatoms. The number of anilines is 2. The van der Waals surface area contributed by atoms with E-state index in [1.165, 1.54) is 0 Å². The second-order valence-electron chi connectivity index (χ2n) is 8.52. The van der Waals surface area contributed by atoms with Gasteiger partial charge in [0.15, 0.2) is 0 Å². The van der Waals surface area contributed by atoms with Gasteiger partial charge in [0.05, 0.1) is 0 Å². The van der Waals surface area contributed by atoms with Crippen molar-refractivity contribution in [2.45, 2.75) is 13.3 Å². The zero-order chi connectivity index (χ0) is 22.6. The maximum absolute atomic E-state index is 13.1. The molecule has 0 aromatic heterocycles. The lowest BCUT2D eigenvalue weighted by Gasteiger charge is -2.33. The van der Waals surface area contributed by atoms with Crippen LogP contribution in [-0.2, 0) is 4.79 Å². The van der Waals surface area contributed by atoms with Crippen LogP contribution in [0, 0.1) is 5.41 Å². The fourth-order valence-corrected chi connectivity index (χ4v) is 4.54. The third kappa shape index (κ3) is 4.85. The van der Waals surface area contributed by atoms with Crippen LogP contribution in [-0.4, -0.2) is 71.9 Å². The number of urea groups is 2. The van der Waals surface area contributed by atoms with Gasteiger partial charge < -0.3 is 25.3 Å². The molecule has 2 aromatic rings. The van der Waals surface area contributed by atoms with Gasteiger partial charge in [-0.05, 0) is 31.2 Å². The van der Waals surface area contributed by atoms with Crippen LogP contribution in [0.3, 0.4) is 0 Å². The van der Waals surface area contributed by atoms with Gasteiger partial charge in [-0.3, -0.25) is 4.79 Å². The number of benzene rings is 2. The molecule has 0 radical (unpaired) electrons. The summed E-state index contributed by atoms with van der Waals surface area (Å²) in [6, 6.07) is 18.2. The third-order valence-corrected chi connectivity index (χ3v) is 6.10. The van der Waals surface area contributed by atoms with Gasteiger partial charge in [-0.1, -0.05) is 36.4 Å². The summed E-state index contributed by atoms with van der Waals surface area (Å²) in [4.78, 5) is 44.0. The molecule has 2 N–H and O–H groups in total. The van der Waals surface area contributed by atoms with Crippen molar-refractivity contribution in [3.63, 3.8) is 0 Å². The van der Waals surface area contributed by atoms with Crippen molar-refractivity contribution in [3.05, 3.63) is 60.7 Å². The van der Waals surface area contributed by atoms with E-state index < -0.39 is 5.41 Å². The average molecular weight is 436 g/mol. The highest BCUT2D eigenvalue weighted by Crippen LogP contribution is 2.35. The summed E-state index contributed by atoms with van der Waals surface area (Å²) in [5, 5.41) is 5.87. The van der Waals surface area contributed by atoms with Crippen molar-refractivity contribution in [1.29, 1.82) is 0 Å². The Morgan fingerprint density at radius 3 is 1.69 bits per heavy atom. The van der Waals surface area contributed by atoms with Crippen LogP contribution in [0.5, 0.6) is 0 Å². The minimum Gasteiger partial charge on any atom is -0.342 e. The number of hydrogen-bond acceptors (Lipinski definition) is 3. The number of likely N-dealkylation sites (tertiary alicyclic amines) is 1. The summed E-state index contributed by atoms with van der Waals surface area (Å²) in [7, 11) is 0. The van der Waals surface area contributed by atoms with Crippen LogP contribution >= 0.6 is 0 Å². The van der Waals surface area contributed by atoms with Gasteiger partial charge in [0.2, 0.25) is 5.91 Å². The van der Waals surface area contributed by atoms with E-state index in [4.69, 9.17) is 0 Å². The molecule has 2 fully saturated rings. The van der Waals surface area contributed by atoms with Gasteiger partial charge in [0.25, 0.3) is 0 Å². The predicted molar refractivity (Wildman–Crippen MR) is 123 cm³/mol. The molecule has 4 rings (SSSR count). The Balaban J connectivity index is 1.53. The van der Waals surface area contributed by atoms with E-state index in [0.717, 1.165) is 0 Å². The minimum absolute atomic E-state index is 0.0706. The first-order valence-corrected chi connectivity index (χ1v) is 11.0. The lowest BCUT2D eigenvalue weighted by molar-refractivity contribution is -0.127. The quantitative estimate of drug-likeness (QED) is 0.776. The molecule has 0 atom stereocenters. The molecule has 2 aromatic carbocycles. The Morgan fingerprint density at radius 1 is 0.812 bits per heavy atom. The molecule has 0 saturated carbocycles. The van der Waals surface area contributed by atoms with Crippen LogP contribution in [0.15, 0.2) is 60.7 Å². The largest absolute Gasteiger partial charge is 0.342 e. The Labute approximate surface area is 188 Å². The number of amides is 5. The van der Waals surface area contributed by atoms with Crippen molar-refractivity contribution < 1.29 is 14.4 Å². The summed E-state index contributed by atoms with van der Waals surface area (Å²) in [5.41, 5.74) is 0.936. The third-order valence-electron chi connectivity index (χ3n) is 6.10. The number of para-hydroxylation sites is 2. The van der Waals surface area contributed by atoms with E-state index in [1.54, 1.807) is 9.80 Å². The van der Waals surface area contributed by atoms with Crippen molar-refractivity contribution in [3.8, 4) is 0 Å². The second-order valence-corrected chi connectivity index (χ2v) is 8.52. The lowest BCUT2D eigenvalue weighted by Crippen LogP contribution is -2.46. The zero-order valence-corrected chi connectivity index (χ0v) is 18.3. The SMILES string of the molecule is CCN1CC2(CC1=O)CN(C(=O)Nc1ccccc1)CCN(C(=O)Nc1ccccc1)C2. The molecule has 2 saturated heterocycles. The Kier molecular flexibility index (Phi) is 6.30. The smallest absolute Gasteiger partial charge is 0.321 e. The van der Waals surface area contributed by atoms with E-state index in [2.05, 4.69) is 10.6 Å². The molecule has 2 heterocycles. The zero-order valence-electron chi connectivity index (χ0n) is 18.3. The molecule has 0 aliphatic carbocycles. The minimum atomic E-state index is -0.494. The number of carbonyl (C=O) groups is 3. The highest BCUT2D eigenvalue weighted by molar-refractivity contribution is 5.91. The Morgan fingerprint density at radius 2 is 1.28 bits per heavy atom. The maximum Gasteiger partial charge on any atom is 0.321 e. The standard InChI is InChI=1S/C24H29N5O3/c1-2-27-16-24(15-21(27)30)17-28(22(31)25-19-9-5-3-6-10-19)13-14-29(18-24)23(32)26-20-11-7-4-8-12-20/h3-12H,2,13-18H2,1H3,(H,25,31)(H,26,32). The Bertz CT molecular complexity index is 903. The molecule has 0 bridgehead atoms. The molecule has 2 aliphatic rings. The molecular formula is C24H29N5O3. The summed E-state index contributed by atoms with van der Waals surface area (Å²) >= 11 is 0. The van der Waals surface area contributed by atoms with E-state index in [9.17, 15) is 14.4 Å². The molecule has 1 spiro atoms. The van der Waals surface area contributed by atoms with E-state index in [-0.39, 0.29) is 18.0 Å². The second kappa shape index (κ2) is 9.30. The predicted octanol–water partition coefficient (Wildman–Crippen LogP) is 3.31. The lowest BCUT2D eigenvalue weighted by atomic mass is 9.86. The topological polar surface area (TPSA) is 85.0 Å². The van der Waals surface area contributed by atoms with Crippen molar-refractivity contribution >= 4 is 29.3 Å². The Hall–Kier alpha value is -3.55. The molecular weight excluding hydrogens is 406 g/mol. The van der Waals surface area contributed by atoms with Crippen LogP contribution in [0.2, 0.25) is 0 Å². The molecule has 2 aliphatic heterocycles. The molecule has 0 unspecified atom stereocenters. The normalized spacial score (nSPS) is 17.9. The molecule has 168 valence electrons. The number of hydrogen-bond donors (Lipinski definition) is 2. The first-order chi connectivity index (χ1) is 15.5. The number of nitrogens with zero attached hydrogens (tertiary/aromatic N) is 3. The number of nitrogens with one attached hydrogen (secondary N) is 2. The van der Waals surface area contributed by atoms with Gasteiger partial charge in [-0.15, -0.1) is 0 Å². The van der Waals surface area contributed by atoms with Gasteiger partial charge in [-0.25, -0.2) is 9.59 Å². The van der Waals surface area contributed by atoms with Gasteiger partial charge in [0.1, 0.15) is 0 Å². The number of rotatable bonds is 3. The summed E-state index contributed by atoms with van der Waals surface area (Å²) in [6.07, 6.45) is 0.324. The van der Waals surface area contributed by atoms with Crippen molar-refractivity contribution in [2.75, 3.05) is 49.9 Å². The monoisotopic (exact) mass is 435 g/mol. The fourth-order valence-electron chi connectivity index (χ4n) is 4.54. The summed E-state index contributed by atoms with van der Waals surface area (Å²) in [5.74, 6) is 0.0706. The van der Waals surface area contributed by atoms with Gasteiger partial charge >= 0.3 is 12.1 Å². The fraction of sp³-hybridized carbons (Fsp3) is 0.375. The number of carbonyl (C=O) groups excluding carboxylic acids is 3. The van der Waals surface area contributed by atoms with E-state index >= 15 is 0 Å². The van der Waals surface area contributed by atoms with Crippen molar-refractivity contribution in [2.24, 2.45) is 5.41 Å². The van der Waals surface area contributed by atoms with Crippen LogP contribution < -0.4 is 10.6 Å². The van der Waals surface area contributed by atoms with E-state index in [1.807, 2.05) is 72.5 Å². The van der Waals surface area contributed by atoms with Gasteiger partial charge in [0, 0.05) is 62.5 Å². The highest BCUT2D eigenvalue weighted by atomic mass is 16.2.